The summed E-state index contributed by atoms with van der Waals surface area (Å²) in [6, 6.07) is 2.78. The van der Waals surface area contributed by atoms with Crippen molar-refractivity contribution in [2.75, 3.05) is 13.2 Å². The van der Waals surface area contributed by atoms with E-state index >= 15 is 0 Å². The van der Waals surface area contributed by atoms with Gasteiger partial charge in [0.15, 0.2) is 0 Å². The van der Waals surface area contributed by atoms with Gasteiger partial charge in [0.2, 0.25) is 0 Å². The summed E-state index contributed by atoms with van der Waals surface area (Å²) in [6.45, 7) is 5.57. The van der Waals surface area contributed by atoms with Crippen molar-refractivity contribution in [1.29, 1.82) is 0 Å². The average Bonchev–Trinajstić information content (AvgIpc) is 2.90. The van der Waals surface area contributed by atoms with E-state index in [0.717, 1.165) is 19.4 Å². The molecule has 2 N–H and O–H groups in total. The Hall–Kier alpha value is -0.380. The Morgan fingerprint density at radius 2 is 2.22 bits per heavy atom. The highest BCUT2D eigenvalue weighted by Gasteiger charge is 2.28. The Bertz CT molecular complexity index is 362. The fourth-order valence-corrected chi connectivity index (χ4v) is 3.81. The zero-order valence-electron chi connectivity index (χ0n) is 11.5. The molecule has 0 bridgehead atoms. The normalized spacial score (nSPS) is 19.8. The third kappa shape index (κ3) is 2.79. The van der Waals surface area contributed by atoms with Crippen molar-refractivity contribution in [3.05, 3.63) is 21.9 Å². The predicted molar refractivity (Wildman–Crippen MR) is 78.1 cm³/mol. The Morgan fingerprint density at radius 3 is 2.89 bits per heavy atom. The van der Waals surface area contributed by atoms with Crippen LogP contribution in [0.3, 0.4) is 0 Å². The van der Waals surface area contributed by atoms with Crippen LogP contribution in [0.25, 0.3) is 0 Å². The summed E-state index contributed by atoms with van der Waals surface area (Å²) in [5, 5.41) is 15.5. The summed E-state index contributed by atoms with van der Waals surface area (Å²) >= 11 is 1.89. The van der Waals surface area contributed by atoms with Crippen LogP contribution >= 0.6 is 11.3 Å². The van der Waals surface area contributed by atoms with Gasteiger partial charge in [0.25, 0.3) is 0 Å². The monoisotopic (exact) mass is 267 g/mol. The maximum atomic E-state index is 9.62. The van der Waals surface area contributed by atoms with E-state index in [0.29, 0.717) is 6.04 Å². The molecule has 1 aromatic rings. The van der Waals surface area contributed by atoms with Crippen LogP contribution in [-0.4, -0.2) is 18.3 Å². The molecule has 2 nitrogen and oxygen atoms in total. The number of thiophene rings is 1. The zero-order valence-corrected chi connectivity index (χ0v) is 12.4. The van der Waals surface area contributed by atoms with Crippen LogP contribution in [0.2, 0.25) is 0 Å². The molecule has 0 aliphatic heterocycles. The van der Waals surface area contributed by atoms with E-state index in [1.165, 1.54) is 24.8 Å². The first-order chi connectivity index (χ1) is 8.74. The van der Waals surface area contributed by atoms with Gasteiger partial charge in [0.1, 0.15) is 0 Å². The van der Waals surface area contributed by atoms with Gasteiger partial charge in [-0.2, -0.15) is 0 Å². The van der Waals surface area contributed by atoms with Crippen molar-refractivity contribution in [1.82, 2.24) is 5.32 Å². The summed E-state index contributed by atoms with van der Waals surface area (Å²) in [4.78, 5) is 1.56. The zero-order chi connectivity index (χ0) is 13.0. The topological polar surface area (TPSA) is 32.3 Å². The minimum atomic E-state index is 0.0631. The summed E-state index contributed by atoms with van der Waals surface area (Å²) in [5.41, 5.74) is 1.57. The predicted octanol–water partition coefficient (Wildman–Crippen LogP) is 3.51. The molecule has 0 saturated carbocycles. The van der Waals surface area contributed by atoms with Crippen LogP contribution in [0.5, 0.6) is 0 Å². The highest BCUT2D eigenvalue weighted by Crippen LogP contribution is 2.34. The smallest absolute Gasteiger partial charge is 0.0499 e. The number of aliphatic hydroxyl groups is 1. The standard InChI is InChI=1S/C15H25NOS/c1-3-15(4-2,11-17)10-16-13-6-5-7-14-12(13)8-9-18-14/h8-9,13,16-17H,3-7,10-11H2,1-2H3. The number of hydrogen-bond donors (Lipinski definition) is 2. The quantitative estimate of drug-likeness (QED) is 0.826. The largest absolute Gasteiger partial charge is 0.396 e. The van der Waals surface area contributed by atoms with Gasteiger partial charge >= 0.3 is 0 Å². The minimum Gasteiger partial charge on any atom is -0.396 e. The van der Waals surface area contributed by atoms with Crippen LogP contribution in [0.15, 0.2) is 11.4 Å². The van der Waals surface area contributed by atoms with Crippen LogP contribution in [0.4, 0.5) is 0 Å². The van der Waals surface area contributed by atoms with Crippen molar-refractivity contribution in [2.45, 2.75) is 52.0 Å². The SMILES string of the molecule is CCC(CC)(CO)CNC1CCCc2sccc21. The molecule has 0 fully saturated rings. The third-order valence-electron chi connectivity index (χ3n) is 4.61. The molecular weight excluding hydrogens is 242 g/mol. The van der Waals surface area contributed by atoms with Gasteiger partial charge in [-0.05, 0) is 49.1 Å². The van der Waals surface area contributed by atoms with Gasteiger partial charge in [-0.15, -0.1) is 11.3 Å². The fourth-order valence-electron chi connectivity index (χ4n) is 2.82. The lowest BCUT2D eigenvalue weighted by molar-refractivity contribution is 0.109. The third-order valence-corrected chi connectivity index (χ3v) is 5.61. The number of aliphatic hydroxyl groups excluding tert-OH is 1. The number of nitrogens with one attached hydrogen (secondary N) is 1. The summed E-state index contributed by atoms with van der Waals surface area (Å²) in [6.07, 6.45) is 5.85. The highest BCUT2D eigenvalue weighted by molar-refractivity contribution is 7.10. The van der Waals surface area contributed by atoms with Crippen molar-refractivity contribution in [3.63, 3.8) is 0 Å². The molecule has 1 atom stereocenters. The molecule has 1 aliphatic carbocycles. The number of rotatable bonds is 6. The molecular formula is C15H25NOS. The van der Waals surface area contributed by atoms with Crippen molar-refractivity contribution >= 4 is 11.3 Å². The summed E-state index contributed by atoms with van der Waals surface area (Å²) in [7, 11) is 0. The second-order valence-corrected chi connectivity index (χ2v) is 6.49. The first-order valence-corrected chi connectivity index (χ1v) is 8.03. The van der Waals surface area contributed by atoms with Gasteiger partial charge in [0, 0.05) is 29.5 Å². The molecule has 18 heavy (non-hydrogen) atoms. The van der Waals surface area contributed by atoms with Crippen molar-refractivity contribution < 1.29 is 5.11 Å². The maximum Gasteiger partial charge on any atom is 0.0499 e. The maximum absolute atomic E-state index is 9.62. The van der Waals surface area contributed by atoms with Crippen molar-refractivity contribution in [2.24, 2.45) is 5.41 Å². The number of hydrogen-bond acceptors (Lipinski definition) is 3. The first-order valence-electron chi connectivity index (χ1n) is 7.15. The average molecular weight is 267 g/mol. The summed E-state index contributed by atoms with van der Waals surface area (Å²) < 4.78 is 0. The van der Waals surface area contributed by atoms with Gasteiger partial charge < -0.3 is 10.4 Å². The van der Waals surface area contributed by atoms with Gasteiger partial charge in [-0.3, -0.25) is 0 Å². The first kappa shape index (κ1) is 14.0. The molecule has 0 saturated heterocycles. The molecule has 2 rings (SSSR count). The van der Waals surface area contributed by atoms with Crippen molar-refractivity contribution in [3.8, 4) is 0 Å². The molecule has 0 amide bonds. The van der Waals surface area contributed by atoms with E-state index in [4.69, 9.17) is 0 Å². The molecule has 0 spiro atoms. The van der Waals surface area contributed by atoms with E-state index in [-0.39, 0.29) is 12.0 Å². The highest BCUT2D eigenvalue weighted by atomic mass is 32.1. The second-order valence-electron chi connectivity index (χ2n) is 5.49. The van der Waals surface area contributed by atoms with E-state index in [1.807, 2.05) is 11.3 Å². The van der Waals surface area contributed by atoms with Gasteiger partial charge in [-0.1, -0.05) is 13.8 Å². The Morgan fingerprint density at radius 1 is 1.44 bits per heavy atom. The Kier molecular flexibility index (Phi) is 4.82. The number of fused-ring (bicyclic) bond motifs is 1. The Balaban J connectivity index is 1.99. The Labute approximate surface area is 114 Å². The van der Waals surface area contributed by atoms with Gasteiger partial charge in [-0.25, -0.2) is 0 Å². The van der Waals surface area contributed by atoms with E-state index in [9.17, 15) is 5.11 Å². The number of aryl methyl sites for hydroxylation is 1. The molecule has 0 radical (unpaired) electrons. The van der Waals surface area contributed by atoms with E-state index < -0.39 is 0 Å². The van der Waals surface area contributed by atoms with E-state index in [1.54, 1.807) is 4.88 Å². The second kappa shape index (κ2) is 6.18. The molecule has 1 unspecified atom stereocenters. The fraction of sp³-hybridized carbons (Fsp3) is 0.733. The molecule has 3 heteroatoms. The van der Waals surface area contributed by atoms with Crippen LogP contribution < -0.4 is 5.32 Å². The van der Waals surface area contributed by atoms with E-state index in [2.05, 4.69) is 30.6 Å². The molecule has 102 valence electrons. The lowest BCUT2D eigenvalue weighted by Crippen LogP contribution is -2.38. The van der Waals surface area contributed by atoms with Crippen LogP contribution in [0, 0.1) is 5.41 Å². The van der Waals surface area contributed by atoms with Crippen LogP contribution in [0.1, 0.15) is 56.0 Å². The van der Waals surface area contributed by atoms with Crippen LogP contribution in [-0.2, 0) is 6.42 Å². The van der Waals surface area contributed by atoms with Gasteiger partial charge in [0.05, 0.1) is 0 Å². The molecule has 1 heterocycles. The molecule has 0 aromatic carbocycles. The lowest BCUT2D eigenvalue weighted by Gasteiger charge is -2.33. The lowest BCUT2D eigenvalue weighted by atomic mass is 9.82. The minimum absolute atomic E-state index is 0.0631. The summed E-state index contributed by atoms with van der Waals surface area (Å²) in [5.74, 6) is 0. The molecule has 1 aromatic heterocycles. The molecule has 1 aliphatic rings.